The number of urea groups is 1. The molecule has 0 saturated carbocycles. The summed E-state index contributed by atoms with van der Waals surface area (Å²) in [7, 11) is 0. The number of nitriles is 1. The molecule has 3 heterocycles. The lowest BCUT2D eigenvalue weighted by atomic mass is 10.1. The molecular formula is C16H14FN5OS. The summed E-state index contributed by atoms with van der Waals surface area (Å²) in [5, 5.41) is 13.3. The number of benzene rings is 1. The molecule has 24 heavy (non-hydrogen) atoms. The maximum absolute atomic E-state index is 14.8. The molecule has 122 valence electrons. The van der Waals surface area contributed by atoms with Crippen LogP contribution in [0.2, 0.25) is 0 Å². The molecule has 0 N–H and O–H groups in total. The predicted molar refractivity (Wildman–Crippen MR) is 88.7 cm³/mol. The van der Waals surface area contributed by atoms with Gasteiger partial charge in [0, 0.05) is 13.1 Å². The van der Waals surface area contributed by atoms with Crippen molar-refractivity contribution in [2.24, 2.45) is 0 Å². The van der Waals surface area contributed by atoms with E-state index in [-0.39, 0.29) is 17.3 Å². The maximum atomic E-state index is 14.8. The summed E-state index contributed by atoms with van der Waals surface area (Å²) < 4.78 is 15.3. The van der Waals surface area contributed by atoms with Gasteiger partial charge in [0.15, 0.2) is 0 Å². The van der Waals surface area contributed by atoms with Gasteiger partial charge in [-0.2, -0.15) is 5.26 Å². The van der Waals surface area contributed by atoms with Crippen LogP contribution in [0, 0.1) is 24.1 Å². The third-order valence-corrected chi connectivity index (χ3v) is 5.27. The number of carbonyl (C=O) groups excluding carboxylic acids is 1. The number of carbonyl (C=O) groups is 1. The van der Waals surface area contributed by atoms with Crippen LogP contribution < -0.4 is 4.90 Å². The second-order valence-corrected chi connectivity index (χ2v) is 6.97. The van der Waals surface area contributed by atoms with E-state index in [0.717, 1.165) is 18.9 Å². The number of hydrazine groups is 1. The van der Waals surface area contributed by atoms with E-state index in [1.807, 2.05) is 6.07 Å². The zero-order valence-electron chi connectivity index (χ0n) is 13.0. The number of aromatic nitrogens is 1. The van der Waals surface area contributed by atoms with Gasteiger partial charge < -0.3 is 0 Å². The first-order chi connectivity index (χ1) is 11.5. The number of hydrogen-bond donors (Lipinski definition) is 0. The molecule has 2 fully saturated rings. The molecule has 8 heteroatoms. The number of nitrogens with zero attached hydrogens (tertiary/aromatic N) is 5. The smallest absolute Gasteiger partial charge is 0.266 e. The fourth-order valence-electron chi connectivity index (χ4n) is 3.23. The van der Waals surface area contributed by atoms with Gasteiger partial charge in [-0.1, -0.05) is 6.58 Å². The summed E-state index contributed by atoms with van der Waals surface area (Å²) in [6, 6.07) is 2.81. The van der Waals surface area contributed by atoms with Crippen molar-refractivity contribution in [1.82, 2.24) is 15.0 Å². The number of fused-ring (bicyclic) bond motifs is 2. The zero-order valence-corrected chi connectivity index (χ0v) is 13.9. The van der Waals surface area contributed by atoms with E-state index in [1.165, 1.54) is 16.2 Å². The average Bonchev–Trinajstić information content (AvgIpc) is 3.07. The summed E-state index contributed by atoms with van der Waals surface area (Å²) in [6.07, 6.45) is 1.87. The van der Waals surface area contributed by atoms with Crippen molar-refractivity contribution in [1.29, 1.82) is 5.26 Å². The molecule has 0 spiro atoms. The van der Waals surface area contributed by atoms with Gasteiger partial charge in [0.05, 0.1) is 15.3 Å². The Morgan fingerprint density at radius 2 is 2.08 bits per heavy atom. The molecule has 2 amide bonds. The van der Waals surface area contributed by atoms with Gasteiger partial charge in [-0.3, -0.25) is 5.01 Å². The van der Waals surface area contributed by atoms with Crippen LogP contribution in [-0.2, 0) is 0 Å². The van der Waals surface area contributed by atoms with E-state index in [0.29, 0.717) is 34.1 Å². The molecule has 6 nitrogen and oxygen atoms in total. The minimum absolute atomic E-state index is 0.138. The Labute approximate surface area is 142 Å². The summed E-state index contributed by atoms with van der Waals surface area (Å²) in [5.41, 5.74) is 0.738. The van der Waals surface area contributed by atoms with Crippen LogP contribution in [0.25, 0.3) is 10.2 Å². The molecule has 1 aromatic heterocycles. The van der Waals surface area contributed by atoms with Gasteiger partial charge in [-0.15, -0.1) is 11.3 Å². The van der Waals surface area contributed by atoms with Gasteiger partial charge in [-0.05, 0) is 25.8 Å². The Balaban J connectivity index is 1.94. The lowest BCUT2D eigenvalue weighted by molar-refractivity contribution is 0.0500. The van der Waals surface area contributed by atoms with Crippen LogP contribution in [0.15, 0.2) is 18.5 Å². The topological polar surface area (TPSA) is 63.5 Å². The van der Waals surface area contributed by atoms with Crippen molar-refractivity contribution >= 4 is 33.3 Å². The molecule has 1 aromatic carbocycles. The number of thiazole rings is 1. The van der Waals surface area contributed by atoms with Crippen molar-refractivity contribution in [3.05, 3.63) is 34.9 Å². The number of amides is 2. The Bertz CT molecular complexity index is 907. The van der Waals surface area contributed by atoms with E-state index >= 15 is 0 Å². The van der Waals surface area contributed by atoms with Crippen LogP contribution >= 0.6 is 11.3 Å². The summed E-state index contributed by atoms with van der Waals surface area (Å²) in [5.74, 6) is -0.172. The SMILES string of the molecule is C=C1N(c2c(F)cc(C#N)c3nc(C)sc23)C(=O)N2CCCCN12. The van der Waals surface area contributed by atoms with Gasteiger partial charge in [-0.25, -0.2) is 24.1 Å². The first-order valence-electron chi connectivity index (χ1n) is 7.60. The molecule has 0 unspecified atom stereocenters. The summed E-state index contributed by atoms with van der Waals surface area (Å²) >= 11 is 1.27. The van der Waals surface area contributed by atoms with E-state index in [2.05, 4.69) is 11.6 Å². The lowest BCUT2D eigenvalue weighted by Gasteiger charge is -2.32. The van der Waals surface area contributed by atoms with Gasteiger partial charge in [0.25, 0.3) is 0 Å². The molecule has 2 aliphatic heterocycles. The van der Waals surface area contributed by atoms with E-state index in [9.17, 15) is 14.4 Å². The number of aryl methyl sites for hydroxylation is 1. The second-order valence-electron chi connectivity index (χ2n) is 5.76. The number of hydrogen-bond acceptors (Lipinski definition) is 5. The molecule has 0 radical (unpaired) electrons. The summed E-state index contributed by atoms with van der Waals surface area (Å²) in [4.78, 5) is 18.4. The standard InChI is InChI=1S/C16H14FN5OS/c1-9-19-13-11(8-18)7-12(17)14(15(13)24-9)22-10(2)20-5-3-4-6-21(20)16(22)23/h7H,2-6H2,1H3. The Kier molecular flexibility index (Phi) is 3.21. The van der Waals surface area contributed by atoms with Crippen LogP contribution in [0.4, 0.5) is 14.9 Å². The Hall–Kier alpha value is -2.66. The number of rotatable bonds is 1. The Morgan fingerprint density at radius 3 is 2.75 bits per heavy atom. The highest BCUT2D eigenvalue weighted by atomic mass is 32.1. The normalized spacial score (nSPS) is 17.6. The zero-order chi connectivity index (χ0) is 17.0. The van der Waals surface area contributed by atoms with Crippen LogP contribution in [0.3, 0.4) is 0 Å². The van der Waals surface area contributed by atoms with Gasteiger partial charge in [0.1, 0.15) is 28.9 Å². The first kappa shape index (κ1) is 14.9. The van der Waals surface area contributed by atoms with Crippen molar-refractivity contribution in [3.63, 3.8) is 0 Å². The predicted octanol–water partition coefficient (Wildman–Crippen LogP) is 3.34. The number of halogens is 1. The fourth-order valence-corrected chi connectivity index (χ4v) is 4.20. The van der Waals surface area contributed by atoms with Crippen molar-refractivity contribution in [2.75, 3.05) is 18.0 Å². The van der Waals surface area contributed by atoms with Crippen LogP contribution in [0.1, 0.15) is 23.4 Å². The fraction of sp³-hybridized carbons (Fsp3) is 0.312. The second kappa shape index (κ2) is 5.18. The molecular weight excluding hydrogens is 329 g/mol. The quantitative estimate of drug-likeness (QED) is 0.797. The molecule has 0 bridgehead atoms. The Morgan fingerprint density at radius 1 is 1.38 bits per heavy atom. The van der Waals surface area contributed by atoms with E-state index in [4.69, 9.17) is 0 Å². The highest BCUT2D eigenvalue weighted by Gasteiger charge is 2.42. The minimum Gasteiger partial charge on any atom is -0.266 e. The van der Waals surface area contributed by atoms with Gasteiger partial charge >= 0.3 is 6.03 Å². The van der Waals surface area contributed by atoms with E-state index in [1.54, 1.807) is 16.9 Å². The highest BCUT2D eigenvalue weighted by molar-refractivity contribution is 7.19. The van der Waals surface area contributed by atoms with Crippen molar-refractivity contribution in [2.45, 2.75) is 19.8 Å². The average molecular weight is 343 g/mol. The highest BCUT2D eigenvalue weighted by Crippen LogP contribution is 2.41. The maximum Gasteiger partial charge on any atom is 0.349 e. The molecule has 0 aliphatic carbocycles. The van der Waals surface area contributed by atoms with Crippen molar-refractivity contribution in [3.8, 4) is 6.07 Å². The van der Waals surface area contributed by atoms with Crippen LogP contribution in [0.5, 0.6) is 0 Å². The summed E-state index contributed by atoms with van der Waals surface area (Å²) in [6.45, 7) is 7.06. The third kappa shape index (κ3) is 1.91. The molecule has 4 rings (SSSR count). The van der Waals surface area contributed by atoms with Crippen LogP contribution in [-0.4, -0.2) is 34.1 Å². The lowest BCUT2D eigenvalue weighted by Crippen LogP contribution is -2.43. The minimum atomic E-state index is -0.613. The molecule has 2 aliphatic rings. The molecule has 0 atom stereocenters. The van der Waals surface area contributed by atoms with Gasteiger partial charge in [0.2, 0.25) is 0 Å². The molecule has 2 saturated heterocycles. The number of anilines is 1. The molecule has 2 aromatic rings. The van der Waals surface area contributed by atoms with E-state index < -0.39 is 5.82 Å². The largest absolute Gasteiger partial charge is 0.349 e. The monoisotopic (exact) mass is 343 g/mol. The third-order valence-electron chi connectivity index (χ3n) is 4.30. The van der Waals surface area contributed by atoms with Crippen molar-refractivity contribution < 1.29 is 9.18 Å². The first-order valence-corrected chi connectivity index (χ1v) is 8.42.